The van der Waals surface area contributed by atoms with Crippen molar-refractivity contribution < 1.29 is 9.59 Å². The van der Waals surface area contributed by atoms with Gasteiger partial charge >= 0.3 is 0 Å². The lowest BCUT2D eigenvalue weighted by molar-refractivity contribution is 0.0766. The number of carbonyl (C=O) groups excluding carboxylic acids is 2. The second-order valence-corrected chi connectivity index (χ2v) is 9.99. The highest BCUT2D eigenvalue weighted by Gasteiger charge is 2.31. The van der Waals surface area contributed by atoms with Crippen molar-refractivity contribution in [3.8, 4) is 23.6 Å². The van der Waals surface area contributed by atoms with Gasteiger partial charge in [0.25, 0.3) is 11.8 Å². The van der Waals surface area contributed by atoms with Crippen LogP contribution in [-0.2, 0) is 25.9 Å². The molecule has 2 aromatic carbocycles. The third kappa shape index (κ3) is 4.10. The number of rotatable bonds is 5. The van der Waals surface area contributed by atoms with Crippen LogP contribution in [0.15, 0.2) is 42.5 Å². The lowest BCUT2D eigenvalue weighted by Crippen LogP contribution is -2.24. The minimum absolute atomic E-state index is 0.0307. The first kappa shape index (κ1) is 22.0. The van der Waals surface area contributed by atoms with E-state index in [9.17, 15) is 9.59 Å². The van der Waals surface area contributed by atoms with Crippen LogP contribution in [0.3, 0.4) is 0 Å². The van der Waals surface area contributed by atoms with Gasteiger partial charge in [-0.2, -0.15) is 5.10 Å². The van der Waals surface area contributed by atoms with E-state index in [2.05, 4.69) is 41.3 Å². The average Bonchev–Trinajstić information content (AvgIpc) is 3.37. The summed E-state index contributed by atoms with van der Waals surface area (Å²) in [4.78, 5) is 26.9. The van der Waals surface area contributed by atoms with Crippen molar-refractivity contribution in [2.24, 2.45) is 5.41 Å². The van der Waals surface area contributed by atoms with E-state index in [1.165, 1.54) is 11.3 Å². The molecule has 0 atom stereocenters. The summed E-state index contributed by atoms with van der Waals surface area (Å²) in [6.45, 7) is 5.84. The van der Waals surface area contributed by atoms with Crippen LogP contribution in [0.4, 0.5) is 0 Å². The van der Waals surface area contributed by atoms with Crippen LogP contribution in [-0.4, -0.2) is 33.5 Å². The zero-order chi connectivity index (χ0) is 23.9. The number of aromatic amines is 1. The third-order valence-corrected chi connectivity index (χ3v) is 6.86. The number of nitrogens with zero attached hydrogens (tertiary/aromatic N) is 2. The Kier molecular flexibility index (Phi) is 5.49. The monoisotopic (exact) mass is 452 g/mol. The molecular formula is C28H28N4O2. The number of hydrogen-bond donors (Lipinski definition) is 2. The van der Waals surface area contributed by atoms with Crippen LogP contribution >= 0.6 is 0 Å². The van der Waals surface area contributed by atoms with Gasteiger partial charge in [-0.05, 0) is 60.1 Å². The van der Waals surface area contributed by atoms with E-state index in [1.54, 1.807) is 12.1 Å². The van der Waals surface area contributed by atoms with E-state index in [4.69, 9.17) is 6.42 Å². The van der Waals surface area contributed by atoms with Gasteiger partial charge in [0.2, 0.25) is 0 Å². The molecule has 5 rings (SSSR count). The molecule has 0 spiro atoms. The van der Waals surface area contributed by atoms with Crippen LogP contribution in [0.5, 0.6) is 0 Å². The third-order valence-electron chi connectivity index (χ3n) is 6.86. The van der Waals surface area contributed by atoms with Gasteiger partial charge in [0, 0.05) is 41.0 Å². The minimum atomic E-state index is -0.203. The second kappa shape index (κ2) is 8.49. The molecule has 172 valence electrons. The molecule has 2 amide bonds. The summed E-state index contributed by atoms with van der Waals surface area (Å²) in [5, 5.41) is 10.5. The van der Waals surface area contributed by atoms with Crippen LogP contribution in [0.25, 0.3) is 11.3 Å². The number of nitrogens with one attached hydrogen (secondary N) is 2. The predicted octanol–water partition coefficient (Wildman–Crippen LogP) is 4.11. The van der Waals surface area contributed by atoms with Crippen molar-refractivity contribution in [2.45, 2.75) is 46.2 Å². The largest absolute Gasteiger partial charge is 0.341 e. The molecule has 1 aromatic heterocycles. The van der Waals surface area contributed by atoms with E-state index in [1.807, 2.05) is 29.2 Å². The number of amides is 2. The zero-order valence-electron chi connectivity index (χ0n) is 19.6. The SMILES string of the molecule is C#CCNC(=O)c1ccc(CN2Cc3cc(-c4n[nH]c5c4CCC(C)(C)C5)ccc3C2=O)cc1. The van der Waals surface area contributed by atoms with E-state index >= 15 is 0 Å². The summed E-state index contributed by atoms with van der Waals surface area (Å²) in [5.41, 5.74) is 8.22. The number of terminal acetylenes is 1. The molecule has 6 nitrogen and oxygen atoms in total. The van der Waals surface area contributed by atoms with Gasteiger partial charge in [0.15, 0.2) is 0 Å². The lowest BCUT2D eigenvalue weighted by Gasteiger charge is -2.29. The van der Waals surface area contributed by atoms with Gasteiger partial charge in [0.05, 0.1) is 12.2 Å². The molecule has 34 heavy (non-hydrogen) atoms. The first-order valence-electron chi connectivity index (χ1n) is 11.6. The van der Waals surface area contributed by atoms with Crippen molar-refractivity contribution in [1.29, 1.82) is 0 Å². The first-order valence-corrected chi connectivity index (χ1v) is 11.6. The van der Waals surface area contributed by atoms with Crippen LogP contribution < -0.4 is 5.32 Å². The Labute approximate surface area is 199 Å². The van der Waals surface area contributed by atoms with Crippen LogP contribution in [0.1, 0.15) is 63.4 Å². The maximum atomic E-state index is 13.0. The number of fused-ring (bicyclic) bond motifs is 2. The quantitative estimate of drug-likeness (QED) is 0.572. The summed E-state index contributed by atoms with van der Waals surface area (Å²) in [6, 6.07) is 13.3. The van der Waals surface area contributed by atoms with Crippen LogP contribution in [0, 0.1) is 17.8 Å². The van der Waals surface area contributed by atoms with E-state index in [-0.39, 0.29) is 18.4 Å². The fourth-order valence-corrected chi connectivity index (χ4v) is 4.96. The summed E-state index contributed by atoms with van der Waals surface area (Å²) in [7, 11) is 0. The van der Waals surface area contributed by atoms with Crippen LogP contribution in [0.2, 0.25) is 0 Å². The smallest absolute Gasteiger partial charge is 0.254 e. The Balaban J connectivity index is 1.31. The first-order chi connectivity index (χ1) is 16.3. The topological polar surface area (TPSA) is 78.1 Å². The average molecular weight is 453 g/mol. The number of H-pyrrole nitrogens is 1. The highest BCUT2D eigenvalue weighted by molar-refractivity contribution is 5.99. The number of carbonyl (C=O) groups is 2. The highest BCUT2D eigenvalue weighted by atomic mass is 16.2. The van der Waals surface area contributed by atoms with Crippen molar-refractivity contribution in [3.05, 3.63) is 76.0 Å². The van der Waals surface area contributed by atoms with Crippen molar-refractivity contribution in [3.63, 3.8) is 0 Å². The van der Waals surface area contributed by atoms with Gasteiger partial charge in [-0.15, -0.1) is 6.42 Å². The van der Waals surface area contributed by atoms with E-state index < -0.39 is 0 Å². The molecule has 6 heteroatoms. The number of aromatic nitrogens is 2. The summed E-state index contributed by atoms with van der Waals surface area (Å²) < 4.78 is 0. The molecular weight excluding hydrogens is 424 g/mol. The molecule has 0 radical (unpaired) electrons. The second-order valence-electron chi connectivity index (χ2n) is 9.99. The summed E-state index contributed by atoms with van der Waals surface area (Å²) in [6.07, 6.45) is 8.37. The van der Waals surface area contributed by atoms with E-state index in [0.29, 0.717) is 24.1 Å². The molecule has 3 aromatic rings. The molecule has 1 aliphatic heterocycles. The molecule has 0 bridgehead atoms. The molecule has 0 fully saturated rings. The van der Waals surface area contributed by atoms with Gasteiger partial charge in [-0.25, -0.2) is 0 Å². The summed E-state index contributed by atoms with van der Waals surface area (Å²) in [5.74, 6) is 2.22. The maximum Gasteiger partial charge on any atom is 0.254 e. The van der Waals surface area contributed by atoms with Gasteiger partial charge in [0.1, 0.15) is 0 Å². The Bertz CT molecular complexity index is 1310. The Morgan fingerprint density at radius 3 is 2.79 bits per heavy atom. The highest BCUT2D eigenvalue weighted by Crippen LogP contribution is 2.38. The summed E-state index contributed by atoms with van der Waals surface area (Å²) >= 11 is 0. The van der Waals surface area contributed by atoms with Gasteiger partial charge < -0.3 is 10.2 Å². The molecule has 0 unspecified atom stereocenters. The number of hydrogen-bond acceptors (Lipinski definition) is 3. The molecule has 2 N–H and O–H groups in total. The predicted molar refractivity (Wildman–Crippen MR) is 131 cm³/mol. The van der Waals surface area contributed by atoms with Gasteiger partial charge in [-0.3, -0.25) is 14.7 Å². The fourth-order valence-electron chi connectivity index (χ4n) is 4.96. The Hall–Kier alpha value is -3.85. The number of benzene rings is 2. The molecule has 0 saturated heterocycles. The van der Waals surface area contributed by atoms with Gasteiger partial charge in [-0.1, -0.05) is 38.0 Å². The van der Waals surface area contributed by atoms with Crippen molar-refractivity contribution in [2.75, 3.05) is 6.54 Å². The Morgan fingerprint density at radius 2 is 2.03 bits per heavy atom. The lowest BCUT2D eigenvalue weighted by atomic mass is 9.76. The molecule has 1 aliphatic carbocycles. The van der Waals surface area contributed by atoms with E-state index in [0.717, 1.165) is 47.2 Å². The zero-order valence-corrected chi connectivity index (χ0v) is 19.6. The Morgan fingerprint density at radius 1 is 1.24 bits per heavy atom. The minimum Gasteiger partial charge on any atom is -0.341 e. The fraction of sp³-hybridized carbons (Fsp3) is 0.321. The standard InChI is InChI=1S/C28H28N4O2/c1-4-13-29-26(33)19-7-5-18(6-8-19)16-32-17-21-14-20(9-10-22(21)27(32)34)25-23-11-12-28(2,3)15-24(23)30-31-25/h1,5-10,14H,11-13,15-17H2,2-3H3,(H,29,33)(H,30,31). The molecule has 2 heterocycles. The van der Waals surface area contributed by atoms with Crippen molar-refractivity contribution >= 4 is 11.8 Å². The van der Waals surface area contributed by atoms with Crippen molar-refractivity contribution in [1.82, 2.24) is 20.4 Å². The molecule has 2 aliphatic rings. The maximum absolute atomic E-state index is 13.0. The normalized spacial score (nSPS) is 16.0. The molecule has 0 saturated carbocycles.